The van der Waals surface area contributed by atoms with Crippen molar-refractivity contribution in [3.05, 3.63) is 70.5 Å². The van der Waals surface area contributed by atoms with Gasteiger partial charge < -0.3 is 16.0 Å². The molecule has 0 bridgehead atoms. The lowest BCUT2D eigenvalue weighted by atomic mass is 10.0. The lowest BCUT2D eigenvalue weighted by Crippen LogP contribution is -2.46. The van der Waals surface area contributed by atoms with Crippen LogP contribution in [0.5, 0.6) is 0 Å². The molecule has 2 aromatic carbocycles. The van der Waals surface area contributed by atoms with Crippen LogP contribution in [0.2, 0.25) is 0 Å². The zero-order valence-electron chi connectivity index (χ0n) is 22.1. The summed E-state index contributed by atoms with van der Waals surface area (Å²) in [6, 6.07) is 11.7. The molecule has 1 aromatic heterocycles. The summed E-state index contributed by atoms with van der Waals surface area (Å²) in [4.78, 5) is 24.7. The third kappa shape index (κ3) is 6.48. The molecule has 0 aliphatic carbocycles. The molecule has 3 aromatic rings. The number of anilines is 3. The van der Waals surface area contributed by atoms with Gasteiger partial charge in [0.2, 0.25) is 5.95 Å². The van der Waals surface area contributed by atoms with E-state index < -0.39 is 0 Å². The SMILES string of the molecule is CCCC(CNC(=O)c1ccc(NC)c(N=N)c1)N1CCc2nc(Nc3cc(C)cc(C)c3)ncc2C1. The number of nitrogens with zero attached hydrogens (tertiary/aromatic N) is 4. The molecule has 4 rings (SSSR count). The van der Waals surface area contributed by atoms with Crippen molar-refractivity contribution in [2.24, 2.45) is 5.11 Å². The van der Waals surface area contributed by atoms with Crippen LogP contribution in [0.15, 0.2) is 47.7 Å². The molecule has 1 unspecified atom stereocenters. The zero-order valence-corrected chi connectivity index (χ0v) is 22.1. The third-order valence-electron chi connectivity index (χ3n) is 6.73. The normalized spacial score (nSPS) is 13.9. The first kappa shape index (κ1) is 26.2. The van der Waals surface area contributed by atoms with Crippen molar-refractivity contribution < 1.29 is 4.79 Å². The van der Waals surface area contributed by atoms with E-state index in [0.29, 0.717) is 23.7 Å². The summed E-state index contributed by atoms with van der Waals surface area (Å²) in [5.41, 5.74) is 14.6. The van der Waals surface area contributed by atoms with Gasteiger partial charge in [0, 0.05) is 62.2 Å². The first-order valence-corrected chi connectivity index (χ1v) is 12.8. The molecule has 2 heterocycles. The highest BCUT2D eigenvalue weighted by Gasteiger charge is 2.25. The minimum absolute atomic E-state index is 0.156. The van der Waals surface area contributed by atoms with Gasteiger partial charge in [-0.3, -0.25) is 9.69 Å². The number of carbonyl (C=O) groups excluding carboxylic acids is 1. The fraction of sp³-hybridized carbons (Fsp3) is 0.393. The molecule has 4 N–H and O–H groups in total. The largest absolute Gasteiger partial charge is 0.386 e. The molecule has 0 radical (unpaired) electrons. The van der Waals surface area contributed by atoms with Crippen LogP contribution in [0.1, 0.15) is 52.5 Å². The van der Waals surface area contributed by atoms with Gasteiger partial charge >= 0.3 is 0 Å². The number of aryl methyl sites for hydroxylation is 2. The number of nitrogens with one attached hydrogen (secondary N) is 4. The van der Waals surface area contributed by atoms with Gasteiger partial charge in [0.1, 0.15) is 5.69 Å². The van der Waals surface area contributed by atoms with E-state index in [9.17, 15) is 4.79 Å². The van der Waals surface area contributed by atoms with Gasteiger partial charge in [-0.25, -0.2) is 15.5 Å². The van der Waals surface area contributed by atoms with Crippen molar-refractivity contribution in [1.29, 1.82) is 5.53 Å². The topological polar surface area (TPSA) is 118 Å². The van der Waals surface area contributed by atoms with Gasteiger partial charge in [-0.05, 0) is 61.7 Å². The molecule has 194 valence electrons. The molecule has 1 aliphatic heterocycles. The Labute approximate surface area is 218 Å². The molecule has 37 heavy (non-hydrogen) atoms. The molecule has 0 saturated heterocycles. The fourth-order valence-corrected chi connectivity index (χ4v) is 4.92. The molecule has 0 saturated carbocycles. The predicted molar refractivity (Wildman–Crippen MR) is 147 cm³/mol. The Morgan fingerprint density at radius 1 is 1.19 bits per heavy atom. The van der Waals surface area contributed by atoms with Crippen LogP contribution < -0.4 is 16.0 Å². The number of amides is 1. The maximum atomic E-state index is 12.9. The van der Waals surface area contributed by atoms with Crippen LogP contribution in [0, 0.1) is 19.4 Å². The Hall–Kier alpha value is -3.85. The second kappa shape index (κ2) is 11.9. The van der Waals surface area contributed by atoms with Gasteiger partial charge in [0.25, 0.3) is 5.91 Å². The molecule has 9 nitrogen and oxygen atoms in total. The Morgan fingerprint density at radius 3 is 2.68 bits per heavy atom. The second-order valence-electron chi connectivity index (χ2n) is 9.63. The van der Waals surface area contributed by atoms with Gasteiger partial charge in [-0.2, -0.15) is 5.11 Å². The highest BCUT2D eigenvalue weighted by Crippen LogP contribution is 2.26. The van der Waals surface area contributed by atoms with E-state index >= 15 is 0 Å². The van der Waals surface area contributed by atoms with Crippen LogP contribution in [0.3, 0.4) is 0 Å². The van der Waals surface area contributed by atoms with E-state index in [1.54, 1.807) is 25.2 Å². The van der Waals surface area contributed by atoms with Crippen molar-refractivity contribution in [3.63, 3.8) is 0 Å². The molecule has 1 atom stereocenters. The monoisotopic (exact) mass is 500 g/mol. The average molecular weight is 501 g/mol. The highest BCUT2D eigenvalue weighted by atomic mass is 16.1. The molecular formula is C28H36N8O. The zero-order chi connectivity index (χ0) is 26.4. The van der Waals surface area contributed by atoms with E-state index in [-0.39, 0.29) is 11.9 Å². The lowest BCUT2D eigenvalue weighted by Gasteiger charge is -2.35. The van der Waals surface area contributed by atoms with Gasteiger partial charge in [0.05, 0.1) is 11.4 Å². The molecule has 1 aliphatic rings. The van der Waals surface area contributed by atoms with E-state index in [1.807, 2.05) is 6.20 Å². The molecular weight excluding hydrogens is 464 g/mol. The summed E-state index contributed by atoms with van der Waals surface area (Å²) in [5, 5.41) is 13.0. The summed E-state index contributed by atoms with van der Waals surface area (Å²) >= 11 is 0. The number of fused-ring (bicyclic) bond motifs is 1. The second-order valence-corrected chi connectivity index (χ2v) is 9.63. The fourth-order valence-electron chi connectivity index (χ4n) is 4.92. The summed E-state index contributed by atoms with van der Waals surface area (Å²) in [6.07, 6.45) is 4.77. The average Bonchev–Trinajstić information content (AvgIpc) is 2.89. The van der Waals surface area contributed by atoms with Crippen LogP contribution in [-0.2, 0) is 13.0 Å². The van der Waals surface area contributed by atoms with E-state index in [4.69, 9.17) is 10.5 Å². The minimum atomic E-state index is -0.156. The molecule has 0 spiro atoms. The molecule has 9 heteroatoms. The van der Waals surface area contributed by atoms with Crippen LogP contribution >= 0.6 is 0 Å². The molecule has 1 amide bonds. The maximum Gasteiger partial charge on any atom is 0.251 e. The number of hydrogen-bond donors (Lipinski definition) is 4. The Kier molecular flexibility index (Phi) is 8.45. The Balaban J connectivity index is 1.40. The first-order valence-electron chi connectivity index (χ1n) is 12.8. The number of carbonyl (C=O) groups is 1. The summed E-state index contributed by atoms with van der Waals surface area (Å²) < 4.78 is 0. The van der Waals surface area contributed by atoms with Crippen LogP contribution in [0.4, 0.5) is 23.0 Å². The Morgan fingerprint density at radius 2 is 1.97 bits per heavy atom. The van der Waals surface area contributed by atoms with Crippen LogP contribution in [0.25, 0.3) is 0 Å². The summed E-state index contributed by atoms with van der Waals surface area (Å²) in [5.74, 6) is 0.467. The van der Waals surface area contributed by atoms with E-state index in [0.717, 1.165) is 55.0 Å². The summed E-state index contributed by atoms with van der Waals surface area (Å²) in [7, 11) is 1.77. The predicted octanol–water partition coefficient (Wildman–Crippen LogP) is 5.50. The van der Waals surface area contributed by atoms with Crippen molar-refractivity contribution in [2.75, 3.05) is 30.8 Å². The summed E-state index contributed by atoms with van der Waals surface area (Å²) in [6.45, 7) is 8.53. The van der Waals surface area contributed by atoms with Gasteiger partial charge in [0.15, 0.2) is 0 Å². The van der Waals surface area contributed by atoms with Gasteiger partial charge in [-0.1, -0.05) is 19.4 Å². The van der Waals surface area contributed by atoms with Crippen molar-refractivity contribution in [2.45, 2.75) is 52.6 Å². The smallest absolute Gasteiger partial charge is 0.251 e. The molecule has 0 fully saturated rings. The standard InChI is InChI=1S/C28H36N8O/c1-5-6-23(16-31-27(37)20-7-8-25(30-4)26(14-20)35-29)36-10-9-24-21(17-36)15-32-28(34-24)33-22-12-18(2)11-19(3)13-22/h7-8,11-15,23,29-30H,5-6,9-10,16-17H2,1-4H3,(H,31,37)(H,32,33,34). The number of benzene rings is 2. The quantitative estimate of drug-likeness (QED) is 0.273. The lowest BCUT2D eigenvalue weighted by molar-refractivity contribution is 0.0923. The number of rotatable bonds is 10. The first-order chi connectivity index (χ1) is 17.9. The number of hydrogen-bond acceptors (Lipinski definition) is 8. The Bertz CT molecular complexity index is 1250. The highest BCUT2D eigenvalue weighted by molar-refractivity contribution is 5.96. The van der Waals surface area contributed by atoms with Crippen molar-refractivity contribution in [1.82, 2.24) is 20.2 Å². The number of aromatic nitrogens is 2. The van der Waals surface area contributed by atoms with E-state index in [2.05, 4.69) is 69.9 Å². The van der Waals surface area contributed by atoms with Gasteiger partial charge in [-0.15, -0.1) is 0 Å². The maximum absolute atomic E-state index is 12.9. The van der Waals surface area contributed by atoms with Crippen LogP contribution in [-0.4, -0.2) is 47.0 Å². The van der Waals surface area contributed by atoms with Crippen molar-refractivity contribution in [3.8, 4) is 0 Å². The third-order valence-corrected chi connectivity index (χ3v) is 6.73. The van der Waals surface area contributed by atoms with E-state index in [1.165, 1.54) is 11.1 Å². The minimum Gasteiger partial charge on any atom is -0.386 e. The van der Waals surface area contributed by atoms with Crippen molar-refractivity contribution >= 4 is 28.9 Å².